The third-order valence-corrected chi connectivity index (χ3v) is 2.81. The Bertz CT molecular complexity index is 703. The molecule has 5 nitrogen and oxygen atoms in total. The Morgan fingerprint density at radius 3 is 2.00 bits per heavy atom. The van der Waals surface area contributed by atoms with Crippen molar-refractivity contribution in [2.75, 3.05) is 7.11 Å². The van der Waals surface area contributed by atoms with E-state index in [4.69, 9.17) is 4.84 Å². The first-order chi connectivity index (χ1) is 10.3. The summed E-state index contributed by atoms with van der Waals surface area (Å²) in [6.45, 7) is 0. The van der Waals surface area contributed by atoms with Crippen molar-refractivity contribution in [3.63, 3.8) is 0 Å². The van der Waals surface area contributed by atoms with Gasteiger partial charge in [0.1, 0.15) is 7.11 Å². The summed E-state index contributed by atoms with van der Waals surface area (Å²) in [7, 11) is 1.37. The van der Waals surface area contributed by atoms with Crippen LogP contribution in [0.5, 0.6) is 0 Å². The Morgan fingerprint density at radius 1 is 1.00 bits per heavy atom. The summed E-state index contributed by atoms with van der Waals surface area (Å²) in [4.78, 5) is 20.3. The van der Waals surface area contributed by atoms with Gasteiger partial charge in [0.05, 0.1) is 0 Å². The molecule has 2 aromatic rings. The lowest BCUT2D eigenvalue weighted by molar-refractivity contribution is -0.00292. The molecule has 0 amide bonds. The van der Waals surface area contributed by atoms with E-state index in [2.05, 4.69) is 9.95 Å². The number of benzene rings is 2. The molecular formula is C16H13N3O2. The molecule has 0 aromatic heterocycles. The van der Waals surface area contributed by atoms with Gasteiger partial charge in [-0.05, 0) is 0 Å². The summed E-state index contributed by atoms with van der Waals surface area (Å²) in [5, 5.41) is 3.82. The minimum absolute atomic E-state index is 0.172. The van der Waals surface area contributed by atoms with Crippen molar-refractivity contribution in [1.82, 2.24) is 0 Å². The first-order valence-corrected chi connectivity index (χ1v) is 6.26. The minimum Gasteiger partial charge on any atom is -0.398 e. The van der Waals surface area contributed by atoms with Crippen LogP contribution in [0.4, 0.5) is 0 Å². The number of hydrogen-bond acceptors (Lipinski definition) is 3. The fourth-order valence-electron chi connectivity index (χ4n) is 1.85. The lowest BCUT2D eigenvalue weighted by Crippen LogP contribution is -2.26. The van der Waals surface area contributed by atoms with E-state index in [9.17, 15) is 10.3 Å². The minimum atomic E-state index is -0.433. The molecule has 0 bridgehead atoms. The van der Waals surface area contributed by atoms with E-state index in [-0.39, 0.29) is 11.4 Å². The van der Waals surface area contributed by atoms with Gasteiger partial charge < -0.3 is 10.4 Å². The summed E-state index contributed by atoms with van der Waals surface area (Å²) in [5.41, 5.74) is 10.3. The molecular weight excluding hydrogens is 266 g/mol. The van der Waals surface area contributed by atoms with Crippen molar-refractivity contribution < 1.29 is 14.4 Å². The highest BCUT2D eigenvalue weighted by atomic mass is 16.6. The van der Waals surface area contributed by atoms with Crippen LogP contribution in [0, 0.1) is 0 Å². The molecule has 21 heavy (non-hydrogen) atoms. The van der Waals surface area contributed by atoms with E-state index in [1.54, 1.807) is 54.6 Å². The Morgan fingerprint density at radius 2 is 1.52 bits per heavy atom. The lowest BCUT2D eigenvalue weighted by atomic mass is 9.99. The van der Waals surface area contributed by atoms with Crippen LogP contribution < -0.4 is 0 Å². The fraction of sp³-hybridized carbons (Fsp3) is 0.0625. The molecule has 0 atom stereocenters. The van der Waals surface area contributed by atoms with E-state index in [1.807, 2.05) is 6.07 Å². The quantitative estimate of drug-likeness (QED) is 0.277. The largest absolute Gasteiger partial charge is 0.398 e. The van der Waals surface area contributed by atoms with E-state index < -0.39 is 5.78 Å². The number of carbonyl (C=O) groups excluding carboxylic acids is 1. The van der Waals surface area contributed by atoms with Gasteiger partial charge in [-0.2, -0.15) is 4.79 Å². The average molecular weight is 279 g/mol. The predicted molar refractivity (Wildman–Crippen MR) is 79.4 cm³/mol. The van der Waals surface area contributed by atoms with Crippen LogP contribution in [0.3, 0.4) is 0 Å². The monoisotopic (exact) mass is 279 g/mol. The summed E-state index contributed by atoms with van der Waals surface area (Å²) < 4.78 is 0. The van der Waals surface area contributed by atoms with Crippen molar-refractivity contribution in [3.05, 3.63) is 77.3 Å². The predicted octanol–water partition coefficient (Wildman–Crippen LogP) is 2.59. The van der Waals surface area contributed by atoms with Gasteiger partial charge in [0.15, 0.2) is 0 Å². The molecule has 0 N–H and O–H groups in total. The maximum absolute atomic E-state index is 12.4. The Labute approximate surface area is 122 Å². The van der Waals surface area contributed by atoms with E-state index in [0.29, 0.717) is 11.1 Å². The van der Waals surface area contributed by atoms with Gasteiger partial charge in [0, 0.05) is 11.1 Å². The summed E-state index contributed by atoms with van der Waals surface area (Å²) in [5.74, 6) is -0.433. The van der Waals surface area contributed by atoms with Crippen LogP contribution in [0.25, 0.3) is 5.53 Å². The Hall–Kier alpha value is -3.04. The highest BCUT2D eigenvalue weighted by Gasteiger charge is 2.30. The zero-order valence-corrected chi connectivity index (χ0v) is 11.4. The lowest BCUT2D eigenvalue weighted by Gasteiger charge is -2.01. The molecule has 2 rings (SSSR count). The van der Waals surface area contributed by atoms with Gasteiger partial charge >= 0.3 is 5.71 Å². The summed E-state index contributed by atoms with van der Waals surface area (Å²) in [6.07, 6.45) is 0. The number of rotatable bonds is 5. The fourth-order valence-corrected chi connectivity index (χ4v) is 1.85. The van der Waals surface area contributed by atoms with Crippen molar-refractivity contribution in [2.45, 2.75) is 0 Å². The molecule has 0 aliphatic carbocycles. The smallest absolute Gasteiger partial charge is 0.392 e. The zero-order chi connectivity index (χ0) is 15.1. The molecule has 2 aromatic carbocycles. The van der Waals surface area contributed by atoms with Gasteiger partial charge in [-0.3, -0.25) is 4.79 Å². The normalized spacial score (nSPS) is 10.6. The van der Waals surface area contributed by atoms with Gasteiger partial charge in [0.25, 0.3) is 5.78 Å². The van der Waals surface area contributed by atoms with Crippen LogP contribution in [0.1, 0.15) is 15.9 Å². The Kier molecular flexibility index (Phi) is 4.75. The number of nitrogens with zero attached hydrogens (tertiary/aromatic N) is 3. The van der Waals surface area contributed by atoms with Crippen molar-refractivity contribution in [2.24, 2.45) is 5.16 Å². The van der Waals surface area contributed by atoms with E-state index in [1.165, 1.54) is 7.11 Å². The SMILES string of the molecule is CO/N=C(/C(=[N+]=[N-])C(=O)c1ccccc1)c1ccccc1. The molecule has 0 heterocycles. The first-order valence-electron chi connectivity index (χ1n) is 6.26. The summed E-state index contributed by atoms with van der Waals surface area (Å²) >= 11 is 0. The third kappa shape index (κ3) is 3.29. The average Bonchev–Trinajstić information content (AvgIpc) is 2.56. The number of hydrogen-bond donors (Lipinski definition) is 0. The van der Waals surface area contributed by atoms with Crippen LogP contribution in [-0.2, 0) is 4.84 Å². The molecule has 0 saturated carbocycles. The topological polar surface area (TPSA) is 75.1 Å². The number of carbonyl (C=O) groups is 1. The highest BCUT2D eigenvalue weighted by molar-refractivity contribution is 6.71. The van der Waals surface area contributed by atoms with Gasteiger partial charge in [-0.1, -0.05) is 65.8 Å². The van der Waals surface area contributed by atoms with Crippen molar-refractivity contribution in [1.29, 1.82) is 0 Å². The highest BCUT2D eigenvalue weighted by Crippen LogP contribution is 2.08. The van der Waals surface area contributed by atoms with Gasteiger partial charge in [-0.25, -0.2) is 0 Å². The molecule has 5 heteroatoms. The van der Waals surface area contributed by atoms with Gasteiger partial charge in [0.2, 0.25) is 5.71 Å². The van der Waals surface area contributed by atoms with Crippen LogP contribution in [0.15, 0.2) is 65.8 Å². The molecule has 0 aliphatic heterocycles. The number of ketones is 1. The molecule has 0 spiro atoms. The molecule has 0 saturated heterocycles. The van der Waals surface area contributed by atoms with E-state index in [0.717, 1.165) is 0 Å². The second-order valence-electron chi connectivity index (χ2n) is 4.13. The maximum atomic E-state index is 12.4. The zero-order valence-electron chi connectivity index (χ0n) is 11.4. The van der Waals surface area contributed by atoms with Crippen LogP contribution >= 0.6 is 0 Å². The van der Waals surface area contributed by atoms with E-state index >= 15 is 0 Å². The molecule has 104 valence electrons. The van der Waals surface area contributed by atoms with Crippen molar-refractivity contribution in [3.8, 4) is 0 Å². The second-order valence-corrected chi connectivity index (χ2v) is 4.13. The number of Topliss-reactive ketones (excluding diaryl/α,β-unsaturated/α-hetero) is 1. The van der Waals surface area contributed by atoms with Crippen molar-refractivity contribution >= 4 is 17.2 Å². The van der Waals surface area contributed by atoms with Gasteiger partial charge in [-0.15, -0.1) is 0 Å². The number of oxime groups is 1. The maximum Gasteiger partial charge on any atom is 0.392 e. The Balaban J connectivity index is 2.46. The molecule has 0 aliphatic rings. The molecule has 0 radical (unpaired) electrons. The molecule has 0 fully saturated rings. The summed E-state index contributed by atoms with van der Waals surface area (Å²) in [6, 6.07) is 17.5. The first kappa shape index (κ1) is 14.4. The standard InChI is InChI=1S/C16H13N3O2/c1-21-19-14(12-8-4-2-5-9-12)15(18-17)16(20)13-10-6-3-7-11-13/h2-11H,1H3/b19-14+. The third-order valence-electron chi connectivity index (χ3n) is 2.81. The molecule has 0 unspecified atom stereocenters. The second kappa shape index (κ2) is 6.93. The van der Waals surface area contributed by atoms with Crippen LogP contribution in [-0.4, -0.2) is 29.1 Å². The van der Waals surface area contributed by atoms with Crippen LogP contribution in [0.2, 0.25) is 0 Å².